The average Bonchev–Trinajstić information content (AvgIpc) is 2.06. The summed E-state index contributed by atoms with van der Waals surface area (Å²) in [5.74, 6) is -2.04. The maximum absolute atomic E-state index is 12.5. The molecule has 1 heterocycles. The standard InChI is InChI=1S/C9H11BrF2N2/c1-9(11,12)4-6-14-8-7(10)3-2-5-13-8/h2-3,5H,4,6H2,1H3,(H,13,14). The number of hydrogen-bond donors (Lipinski definition) is 1. The van der Waals surface area contributed by atoms with Crippen LogP contribution in [0.4, 0.5) is 14.6 Å². The Kier molecular flexibility index (Phi) is 3.80. The summed E-state index contributed by atoms with van der Waals surface area (Å²) in [5.41, 5.74) is 0. The monoisotopic (exact) mass is 264 g/mol. The lowest BCUT2D eigenvalue weighted by Crippen LogP contribution is -2.16. The van der Waals surface area contributed by atoms with Crippen LogP contribution in [-0.4, -0.2) is 17.5 Å². The molecule has 0 bridgehead atoms. The molecule has 0 unspecified atom stereocenters. The average molecular weight is 265 g/mol. The molecule has 78 valence electrons. The first-order valence-corrected chi connectivity index (χ1v) is 5.00. The van der Waals surface area contributed by atoms with E-state index in [1.807, 2.05) is 0 Å². The highest BCUT2D eigenvalue weighted by molar-refractivity contribution is 9.10. The van der Waals surface area contributed by atoms with Gasteiger partial charge in [0.1, 0.15) is 5.82 Å². The minimum Gasteiger partial charge on any atom is -0.369 e. The maximum atomic E-state index is 12.5. The van der Waals surface area contributed by atoms with Crippen molar-refractivity contribution in [2.24, 2.45) is 0 Å². The number of nitrogens with zero attached hydrogens (tertiary/aromatic N) is 1. The van der Waals surface area contributed by atoms with E-state index in [4.69, 9.17) is 0 Å². The normalized spacial score (nSPS) is 11.4. The summed E-state index contributed by atoms with van der Waals surface area (Å²) >= 11 is 3.26. The van der Waals surface area contributed by atoms with Crippen LogP contribution in [0.25, 0.3) is 0 Å². The van der Waals surface area contributed by atoms with E-state index >= 15 is 0 Å². The molecule has 0 aliphatic rings. The van der Waals surface area contributed by atoms with Gasteiger partial charge in [-0.25, -0.2) is 13.8 Å². The van der Waals surface area contributed by atoms with Gasteiger partial charge in [-0.1, -0.05) is 0 Å². The van der Waals surface area contributed by atoms with E-state index in [-0.39, 0.29) is 13.0 Å². The van der Waals surface area contributed by atoms with Crippen LogP contribution < -0.4 is 5.32 Å². The van der Waals surface area contributed by atoms with Crippen molar-refractivity contribution in [3.05, 3.63) is 22.8 Å². The molecule has 0 saturated heterocycles. The molecule has 1 aromatic rings. The zero-order valence-corrected chi connectivity index (χ0v) is 9.31. The fourth-order valence-electron chi connectivity index (χ4n) is 0.916. The summed E-state index contributed by atoms with van der Waals surface area (Å²) < 4.78 is 25.7. The van der Waals surface area contributed by atoms with Crippen LogP contribution in [0.2, 0.25) is 0 Å². The van der Waals surface area contributed by atoms with E-state index in [1.165, 1.54) is 0 Å². The summed E-state index contributed by atoms with van der Waals surface area (Å²) in [6, 6.07) is 3.57. The fraction of sp³-hybridized carbons (Fsp3) is 0.444. The molecule has 1 rings (SSSR count). The first kappa shape index (κ1) is 11.4. The van der Waals surface area contributed by atoms with E-state index < -0.39 is 5.92 Å². The number of anilines is 1. The van der Waals surface area contributed by atoms with Crippen LogP contribution in [0.5, 0.6) is 0 Å². The summed E-state index contributed by atoms with van der Waals surface area (Å²) in [6.45, 7) is 1.11. The third-order valence-corrected chi connectivity index (χ3v) is 2.25. The molecule has 14 heavy (non-hydrogen) atoms. The first-order chi connectivity index (χ1) is 6.49. The Bertz CT molecular complexity index is 299. The highest BCUT2D eigenvalue weighted by atomic mass is 79.9. The van der Waals surface area contributed by atoms with E-state index in [0.717, 1.165) is 11.4 Å². The summed E-state index contributed by atoms with van der Waals surface area (Å²) in [5, 5.41) is 2.83. The van der Waals surface area contributed by atoms with Gasteiger partial charge in [-0.2, -0.15) is 0 Å². The molecular formula is C9H11BrF2N2. The second-order valence-corrected chi connectivity index (χ2v) is 3.94. The van der Waals surface area contributed by atoms with Crippen LogP contribution in [0.3, 0.4) is 0 Å². The molecule has 0 aliphatic carbocycles. The molecule has 0 aliphatic heterocycles. The van der Waals surface area contributed by atoms with Gasteiger partial charge in [0.2, 0.25) is 5.92 Å². The van der Waals surface area contributed by atoms with Crippen molar-refractivity contribution in [3.8, 4) is 0 Å². The van der Waals surface area contributed by atoms with Crippen molar-refractivity contribution in [2.75, 3.05) is 11.9 Å². The second kappa shape index (κ2) is 4.68. The van der Waals surface area contributed by atoms with E-state index in [2.05, 4.69) is 26.2 Å². The van der Waals surface area contributed by atoms with Gasteiger partial charge in [-0.05, 0) is 35.0 Å². The molecule has 0 saturated carbocycles. The van der Waals surface area contributed by atoms with Crippen LogP contribution >= 0.6 is 15.9 Å². The summed E-state index contributed by atoms with van der Waals surface area (Å²) in [4.78, 5) is 3.99. The van der Waals surface area contributed by atoms with Crippen LogP contribution in [0, 0.1) is 0 Å². The largest absolute Gasteiger partial charge is 0.369 e. The van der Waals surface area contributed by atoms with Gasteiger partial charge in [0.25, 0.3) is 0 Å². The first-order valence-electron chi connectivity index (χ1n) is 4.21. The van der Waals surface area contributed by atoms with Crippen LogP contribution in [-0.2, 0) is 0 Å². The third kappa shape index (κ3) is 4.00. The van der Waals surface area contributed by atoms with Crippen molar-refractivity contribution in [2.45, 2.75) is 19.3 Å². The van der Waals surface area contributed by atoms with E-state index in [9.17, 15) is 8.78 Å². The predicted octanol–water partition coefficient (Wildman–Crippen LogP) is 3.30. The Morgan fingerprint density at radius 2 is 2.29 bits per heavy atom. The van der Waals surface area contributed by atoms with Crippen LogP contribution in [0.1, 0.15) is 13.3 Å². The quantitative estimate of drug-likeness (QED) is 0.903. The van der Waals surface area contributed by atoms with E-state index in [1.54, 1.807) is 18.3 Å². The van der Waals surface area contributed by atoms with Crippen molar-refractivity contribution in [1.82, 2.24) is 4.98 Å². The highest BCUT2D eigenvalue weighted by Crippen LogP contribution is 2.20. The molecule has 1 N–H and O–H groups in total. The number of halogens is 3. The number of hydrogen-bond acceptors (Lipinski definition) is 2. The lowest BCUT2D eigenvalue weighted by molar-refractivity contribution is 0.0166. The van der Waals surface area contributed by atoms with Crippen molar-refractivity contribution < 1.29 is 8.78 Å². The van der Waals surface area contributed by atoms with Gasteiger partial charge < -0.3 is 5.32 Å². The molecule has 0 radical (unpaired) electrons. The Morgan fingerprint density at radius 1 is 1.57 bits per heavy atom. The lowest BCUT2D eigenvalue weighted by Gasteiger charge is -2.11. The van der Waals surface area contributed by atoms with Gasteiger partial charge in [0.05, 0.1) is 4.47 Å². The Labute approximate surface area is 89.9 Å². The fourth-order valence-corrected chi connectivity index (χ4v) is 1.31. The van der Waals surface area contributed by atoms with Crippen LogP contribution in [0.15, 0.2) is 22.8 Å². The lowest BCUT2D eigenvalue weighted by atomic mass is 10.3. The van der Waals surface area contributed by atoms with Gasteiger partial charge in [-0.3, -0.25) is 0 Å². The van der Waals surface area contributed by atoms with E-state index in [0.29, 0.717) is 5.82 Å². The van der Waals surface area contributed by atoms with Gasteiger partial charge >= 0.3 is 0 Å². The van der Waals surface area contributed by atoms with Gasteiger partial charge in [-0.15, -0.1) is 0 Å². The van der Waals surface area contributed by atoms with Gasteiger partial charge in [0.15, 0.2) is 0 Å². The summed E-state index contributed by atoms with van der Waals surface area (Å²) in [7, 11) is 0. The molecule has 0 amide bonds. The Morgan fingerprint density at radius 3 is 2.86 bits per heavy atom. The predicted molar refractivity (Wildman–Crippen MR) is 55.7 cm³/mol. The Balaban J connectivity index is 2.43. The topological polar surface area (TPSA) is 24.9 Å². The molecule has 5 heteroatoms. The maximum Gasteiger partial charge on any atom is 0.247 e. The SMILES string of the molecule is CC(F)(F)CCNc1ncccc1Br. The molecule has 2 nitrogen and oxygen atoms in total. The molecule has 1 aromatic heterocycles. The van der Waals surface area contributed by atoms with Crippen molar-refractivity contribution >= 4 is 21.7 Å². The Hall–Kier alpha value is -0.710. The number of pyridine rings is 1. The second-order valence-electron chi connectivity index (χ2n) is 3.08. The molecule has 0 spiro atoms. The van der Waals surface area contributed by atoms with Gasteiger partial charge in [0, 0.05) is 19.2 Å². The zero-order chi connectivity index (χ0) is 10.6. The molecule has 0 fully saturated rings. The third-order valence-electron chi connectivity index (χ3n) is 1.61. The number of aromatic nitrogens is 1. The van der Waals surface area contributed by atoms with Crippen molar-refractivity contribution in [1.29, 1.82) is 0 Å². The minimum atomic E-state index is -2.63. The number of nitrogens with one attached hydrogen (secondary N) is 1. The number of rotatable bonds is 4. The smallest absolute Gasteiger partial charge is 0.247 e. The molecular weight excluding hydrogens is 254 g/mol. The molecule has 0 aromatic carbocycles. The minimum absolute atomic E-state index is 0.198. The number of alkyl halides is 2. The zero-order valence-electron chi connectivity index (χ0n) is 7.73. The molecule has 0 atom stereocenters. The van der Waals surface area contributed by atoms with Crippen molar-refractivity contribution in [3.63, 3.8) is 0 Å². The summed E-state index contributed by atoms with van der Waals surface area (Å²) in [6.07, 6.45) is 1.41. The highest BCUT2D eigenvalue weighted by Gasteiger charge is 2.19.